The molecule has 21 heavy (non-hydrogen) atoms. The molecule has 0 aliphatic carbocycles. The molecule has 0 aromatic heterocycles. The Morgan fingerprint density at radius 1 is 0.952 bits per heavy atom. The molecule has 2 N–H and O–H groups in total. The minimum atomic E-state index is -1.26. The van der Waals surface area contributed by atoms with E-state index in [9.17, 15) is 19.8 Å². The smallest absolute Gasteiger partial charge is 0.319 e. The minimum Gasteiger partial charge on any atom is -0.480 e. The van der Waals surface area contributed by atoms with Gasteiger partial charge in [-0.15, -0.1) is 11.8 Å². The van der Waals surface area contributed by atoms with E-state index in [1.54, 1.807) is 0 Å². The van der Waals surface area contributed by atoms with Crippen LogP contribution in [0.25, 0.3) is 0 Å². The highest BCUT2D eigenvalue weighted by Crippen LogP contribution is 2.44. The van der Waals surface area contributed by atoms with Crippen LogP contribution in [0.1, 0.15) is 26.7 Å². The predicted molar refractivity (Wildman–Crippen MR) is 102 cm³/mol. The van der Waals surface area contributed by atoms with Crippen LogP contribution in [-0.2, 0) is 9.59 Å². The Morgan fingerprint density at radius 2 is 1.24 bits per heavy atom. The Labute approximate surface area is 151 Å². The summed E-state index contributed by atoms with van der Waals surface area (Å²) in [4.78, 5) is 23.2. The lowest BCUT2D eigenvalue weighted by Gasteiger charge is -2.36. The van der Waals surface area contributed by atoms with E-state index in [4.69, 9.17) is 0 Å². The van der Waals surface area contributed by atoms with E-state index >= 15 is 0 Å². The average Bonchev–Trinajstić information content (AvgIpc) is 2.37. The number of carboxylic acid groups (broad SMARTS) is 2. The molecule has 0 rings (SSSR count). The normalized spacial score (nSPS) is 20.1. The maximum atomic E-state index is 11.6. The molecule has 4 atom stereocenters. The van der Waals surface area contributed by atoms with Gasteiger partial charge in [0.1, 0.15) is 9.49 Å². The quantitative estimate of drug-likeness (QED) is 0.324. The van der Waals surface area contributed by atoms with E-state index in [0.717, 1.165) is 11.8 Å². The Bertz CT molecular complexity index is 347. The first-order valence-corrected chi connectivity index (χ1v) is 9.37. The summed E-state index contributed by atoms with van der Waals surface area (Å²) in [5.41, 5.74) is 0. The molecule has 0 bridgehead atoms. The van der Waals surface area contributed by atoms with Crippen molar-refractivity contribution in [1.82, 2.24) is 0 Å². The first-order valence-electron chi connectivity index (χ1n) is 6.25. The molecule has 0 aromatic carbocycles. The molecule has 0 aliphatic rings. The lowest BCUT2D eigenvalue weighted by molar-refractivity contribution is -0.139. The van der Waals surface area contributed by atoms with Crippen molar-refractivity contribution in [2.24, 2.45) is 0 Å². The van der Waals surface area contributed by atoms with Crippen molar-refractivity contribution in [3.8, 4) is 0 Å². The molecule has 0 radical (unpaired) electrons. The predicted octanol–water partition coefficient (Wildman–Crippen LogP) is 2.64. The van der Waals surface area contributed by atoms with Crippen molar-refractivity contribution >= 4 is 74.2 Å². The van der Waals surface area contributed by atoms with Crippen LogP contribution in [0.4, 0.5) is 0 Å². The lowest BCUT2D eigenvalue weighted by Crippen LogP contribution is -2.44. The highest BCUT2D eigenvalue weighted by molar-refractivity contribution is 8.03. The van der Waals surface area contributed by atoms with Gasteiger partial charge in [-0.05, 0) is 26.7 Å². The van der Waals surface area contributed by atoms with Crippen LogP contribution in [0.5, 0.6) is 0 Å². The van der Waals surface area contributed by atoms with Crippen LogP contribution in [0.15, 0.2) is 0 Å². The van der Waals surface area contributed by atoms with Crippen LogP contribution in [-0.4, -0.2) is 53.7 Å². The van der Waals surface area contributed by atoms with Crippen LogP contribution < -0.4 is 0 Å². The maximum absolute atomic E-state index is 11.6. The third kappa shape index (κ3) is 6.76. The second-order valence-corrected chi connectivity index (χ2v) is 9.45. The van der Waals surface area contributed by atoms with Crippen molar-refractivity contribution in [3.63, 3.8) is 0 Å². The van der Waals surface area contributed by atoms with Gasteiger partial charge in [-0.25, -0.2) is 0 Å². The van der Waals surface area contributed by atoms with Gasteiger partial charge in [0.15, 0.2) is 0 Å². The number of aliphatic carboxylic acids is 2. The highest BCUT2D eigenvalue weighted by Gasteiger charge is 2.46. The number of thioether (sulfide) groups is 1. The number of carboxylic acids is 2. The van der Waals surface area contributed by atoms with Crippen LogP contribution in [0, 0.1) is 0 Å². The molecule has 0 aliphatic heterocycles. The number of hydrogen-bond acceptors (Lipinski definition) is 7. The lowest BCUT2D eigenvalue weighted by atomic mass is 10.0. The molecule has 9 heteroatoms. The Hall–Kier alpha value is 0.690. The first kappa shape index (κ1) is 21.7. The van der Waals surface area contributed by atoms with Gasteiger partial charge in [0, 0.05) is 22.0 Å². The third-order valence-electron chi connectivity index (χ3n) is 3.03. The summed E-state index contributed by atoms with van der Waals surface area (Å²) in [6.45, 7) is 3.06. The average molecular weight is 391 g/mol. The van der Waals surface area contributed by atoms with Gasteiger partial charge in [0.05, 0.1) is 0 Å². The summed E-state index contributed by atoms with van der Waals surface area (Å²) >= 11 is 17.7. The van der Waals surface area contributed by atoms with E-state index < -0.39 is 21.4 Å². The number of carbonyl (C=O) groups is 2. The summed E-state index contributed by atoms with van der Waals surface area (Å²) < 4.78 is -2.52. The molecule has 0 fully saturated rings. The van der Waals surface area contributed by atoms with Crippen molar-refractivity contribution < 1.29 is 19.8 Å². The zero-order chi connectivity index (χ0) is 16.8. The highest BCUT2D eigenvalue weighted by atomic mass is 32.2. The summed E-state index contributed by atoms with van der Waals surface area (Å²) in [7, 11) is 0. The van der Waals surface area contributed by atoms with Gasteiger partial charge < -0.3 is 10.2 Å². The second-order valence-electron chi connectivity index (χ2n) is 5.26. The van der Waals surface area contributed by atoms with Crippen molar-refractivity contribution in [2.45, 2.75) is 46.7 Å². The summed E-state index contributed by atoms with van der Waals surface area (Å²) in [6.07, 6.45) is 0.446. The third-order valence-corrected chi connectivity index (χ3v) is 6.80. The molecule has 4 nitrogen and oxygen atoms in total. The molecule has 4 unspecified atom stereocenters. The number of rotatable bonds is 10. The molecule has 0 saturated carbocycles. The van der Waals surface area contributed by atoms with Crippen LogP contribution in [0.2, 0.25) is 0 Å². The zero-order valence-electron chi connectivity index (χ0n) is 11.9. The summed E-state index contributed by atoms with van der Waals surface area (Å²) in [5.74, 6) is -1.27. The van der Waals surface area contributed by atoms with Crippen LogP contribution >= 0.6 is 62.3 Å². The van der Waals surface area contributed by atoms with Gasteiger partial charge in [-0.3, -0.25) is 9.59 Å². The monoisotopic (exact) mass is 390 g/mol. The SMILES string of the molecule is CC(CC(S)CS)(SC(C)(CC(S)CS)C(=O)O)C(=O)O. The molecule has 0 spiro atoms. The van der Waals surface area contributed by atoms with Crippen molar-refractivity contribution in [2.75, 3.05) is 11.5 Å². The Kier molecular flexibility index (Phi) is 9.40. The maximum Gasteiger partial charge on any atom is 0.319 e. The zero-order valence-corrected chi connectivity index (χ0v) is 16.3. The van der Waals surface area contributed by atoms with E-state index in [1.165, 1.54) is 13.8 Å². The van der Waals surface area contributed by atoms with Gasteiger partial charge in [-0.2, -0.15) is 50.5 Å². The van der Waals surface area contributed by atoms with Crippen molar-refractivity contribution in [1.29, 1.82) is 0 Å². The van der Waals surface area contributed by atoms with E-state index in [0.29, 0.717) is 11.5 Å². The minimum absolute atomic E-state index is 0.223. The fraction of sp³-hybridized carbons (Fsp3) is 0.833. The van der Waals surface area contributed by atoms with Gasteiger partial charge >= 0.3 is 11.9 Å². The molecule has 0 amide bonds. The standard InChI is InChI=1S/C12H22O4S5/c1-11(9(13)14,3-7(19)5-17)21-12(2,10(15)16)4-8(20)6-18/h7-8,17-20H,3-6H2,1-2H3,(H,13,14)(H,15,16). The largest absolute Gasteiger partial charge is 0.480 e. The summed E-state index contributed by atoms with van der Waals surface area (Å²) in [5, 5.41) is 18.6. The van der Waals surface area contributed by atoms with Gasteiger partial charge in [-0.1, -0.05) is 0 Å². The fourth-order valence-corrected chi connectivity index (χ4v) is 4.84. The van der Waals surface area contributed by atoms with Crippen molar-refractivity contribution in [3.05, 3.63) is 0 Å². The number of thiol groups is 4. The van der Waals surface area contributed by atoms with E-state index in [-0.39, 0.29) is 23.3 Å². The van der Waals surface area contributed by atoms with Gasteiger partial charge in [0.25, 0.3) is 0 Å². The molecule has 0 saturated heterocycles. The van der Waals surface area contributed by atoms with E-state index in [2.05, 4.69) is 50.5 Å². The topological polar surface area (TPSA) is 74.6 Å². The van der Waals surface area contributed by atoms with E-state index in [1.807, 2.05) is 0 Å². The first-order chi connectivity index (χ1) is 9.50. The summed E-state index contributed by atoms with van der Waals surface area (Å²) in [6, 6.07) is 0. The molecular weight excluding hydrogens is 368 g/mol. The molecular formula is C12H22O4S5. The fourth-order valence-electron chi connectivity index (χ4n) is 1.87. The van der Waals surface area contributed by atoms with Gasteiger partial charge in [0.2, 0.25) is 0 Å². The molecule has 0 aromatic rings. The second kappa shape index (κ2) is 9.10. The Morgan fingerprint density at radius 3 is 1.43 bits per heavy atom. The Balaban J connectivity index is 5.33. The molecule has 124 valence electrons. The van der Waals surface area contributed by atoms with Crippen LogP contribution in [0.3, 0.4) is 0 Å². The molecule has 0 heterocycles. The number of hydrogen-bond donors (Lipinski definition) is 6.